The third-order valence-corrected chi connectivity index (χ3v) is 1.91. The van der Waals surface area contributed by atoms with Gasteiger partial charge in [-0.25, -0.2) is 0 Å². The summed E-state index contributed by atoms with van der Waals surface area (Å²) in [4.78, 5) is 4.17. The smallest absolute Gasteiger partial charge is 0.122 e. The molecular formula is C10H11Cl2N3. The predicted molar refractivity (Wildman–Crippen MR) is 67.3 cm³/mol. The molecule has 0 aliphatic rings. The number of fused-ring (bicyclic) bond motifs is 1. The van der Waals surface area contributed by atoms with E-state index in [1.54, 1.807) is 12.3 Å². The second-order valence-electron chi connectivity index (χ2n) is 2.82. The Balaban J connectivity index is 0.000000980. The molecule has 0 saturated carbocycles. The van der Waals surface area contributed by atoms with Crippen molar-refractivity contribution in [3.63, 3.8) is 0 Å². The summed E-state index contributed by atoms with van der Waals surface area (Å²) in [5, 5.41) is 8.28. The molecule has 0 aliphatic carbocycles. The largest absolute Gasteiger partial charge is 0.384 e. The van der Waals surface area contributed by atoms with Crippen LogP contribution in [0.3, 0.4) is 0 Å². The molecule has 0 aliphatic heterocycles. The number of hydrogen-bond donors (Lipinski definition) is 2. The zero-order valence-electron chi connectivity index (χ0n) is 7.81. The van der Waals surface area contributed by atoms with Crippen molar-refractivity contribution in [2.24, 2.45) is 5.73 Å². The number of rotatable bonds is 1. The van der Waals surface area contributed by atoms with Crippen molar-refractivity contribution in [1.82, 2.24) is 4.98 Å². The van der Waals surface area contributed by atoms with Gasteiger partial charge in [0.2, 0.25) is 0 Å². The van der Waals surface area contributed by atoms with E-state index in [0.717, 1.165) is 16.5 Å². The van der Waals surface area contributed by atoms with Crippen molar-refractivity contribution in [2.75, 3.05) is 0 Å². The number of nitrogens with two attached hydrogens (primary N) is 1. The summed E-state index contributed by atoms with van der Waals surface area (Å²) < 4.78 is 0. The fourth-order valence-corrected chi connectivity index (χ4v) is 1.24. The maximum Gasteiger partial charge on any atom is 0.122 e. The Morgan fingerprint density at radius 2 is 1.93 bits per heavy atom. The first-order valence-electron chi connectivity index (χ1n) is 3.96. The van der Waals surface area contributed by atoms with E-state index in [1.807, 2.05) is 24.3 Å². The zero-order chi connectivity index (χ0) is 9.26. The average molecular weight is 244 g/mol. The highest BCUT2D eigenvalue weighted by Crippen LogP contribution is 2.12. The standard InChI is InChI=1S/C10H9N3.2ClH/c11-10(12)8-3-4-9-7(6-8)2-1-5-13-9;;/h1-6H,(H3,11,12);2*1H. The quantitative estimate of drug-likeness (QED) is 0.597. The van der Waals surface area contributed by atoms with Crippen molar-refractivity contribution < 1.29 is 0 Å². The average Bonchev–Trinajstić information content (AvgIpc) is 2.17. The van der Waals surface area contributed by atoms with Gasteiger partial charge < -0.3 is 5.73 Å². The lowest BCUT2D eigenvalue weighted by atomic mass is 10.1. The van der Waals surface area contributed by atoms with Crippen LogP contribution in [0, 0.1) is 5.41 Å². The molecule has 2 aromatic rings. The summed E-state index contributed by atoms with van der Waals surface area (Å²) in [5.41, 5.74) is 7.03. The number of benzene rings is 1. The van der Waals surface area contributed by atoms with Crippen molar-refractivity contribution in [2.45, 2.75) is 0 Å². The molecule has 5 heteroatoms. The molecule has 0 atom stereocenters. The second-order valence-corrected chi connectivity index (χ2v) is 2.82. The summed E-state index contributed by atoms with van der Waals surface area (Å²) in [6.07, 6.45) is 1.75. The maximum absolute atomic E-state index is 7.27. The summed E-state index contributed by atoms with van der Waals surface area (Å²) in [7, 11) is 0. The van der Waals surface area contributed by atoms with E-state index < -0.39 is 0 Å². The van der Waals surface area contributed by atoms with Gasteiger partial charge in [-0.3, -0.25) is 10.4 Å². The van der Waals surface area contributed by atoms with E-state index in [4.69, 9.17) is 11.1 Å². The molecule has 1 aromatic carbocycles. The molecule has 0 spiro atoms. The minimum Gasteiger partial charge on any atom is -0.384 e. The predicted octanol–water partition coefficient (Wildman–Crippen LogP) is 2.36. The normalized spacial score (nSPS) is 8.80. The summed E-state index contributed by atoms with van der Waals surface area (Å²) in [6.45, 7) is 0. The van der Waals surface area contributed by atoms with Gasteiger partial charge in [-0.05, 0) is 24.3 Å². The van der Waals surface area contributed by atoms with Crippen LogP contribution in [-0.4, -0.2) is 10.8 Å². The molecule has 0 amide bonds. The van der Waals surface area contributed by atoms with Crippen LogP contribution in [0.1, 0.15) is 5.56 Å². The Kier molecular flexibility index (Phi) is 5.05. The first-order chi connectivity index (χ1) is 6.27. The molecule has 2 rings (SSSR count). The van der Waals surface area contributed by atoms with Gasteiger partial charge in [0.1, 0.15) is 5.84 Å². The molecule has 15 heavy (non-hydrogen) atoms. The van der Waals surface area contributed by atoms with Gasteiger partial charge in [-0.1, -0.05) is 6.07 Å². The van der Waals surface area contributed by atoms with Gasteiger partial charge in [0, 0.05) is 17.1 Å². The molecule has 3 N–H and O–H groups in total. The van der Waals surface area contributed by atoms with Crippen LogP contribution >= 0.6 is 24.8 Å². The number of hydrogen-bond acceptors (Lipinski definition) is 2. The lowest BCUT2D eigenvalue weighted by molar-refractivity contribution is 1.40. The van der Waals surface area contributed by atoms with Crippen LogP contribution in [-0.2, 0) is 0 Å². The first kappa shape index (κ1) is 13.7. The van der Waals surface area contributed by atoms with Gasteiger partial charge in [0.15, 0.2) is 0 Å². The number of amidine groups is 1. The highest BCUT2D eigenvalue weighted by molar-refractivity contribution is 5.98. The van der Waals surface area contributed by atoms with Crippen LogP contribution in [0.15, 0.2) is 36.5 Å². The summed E-state index contributed by atoms with van der Waals surface area (Å²) >= 11 is 0. The van der Waals surface area contributed by atoms with Crippen LogP contribution in [0.4, 0.5) is 0 Å². The fraction of sp³-hybridized carbons (Fsp3) is 0. The van der Waals surface area contributed by atoms with E-state index in [1.165, 1.54) is 0 Å². The Bertz CT molecular complexity index is 471. The lowest BCUT2D eigenvalue weighted by Crippen LogP contribution is -2.10. The van der Waals surface area contributed by atoms with Gasteiger partial charge in [-0.2, -0.15) is 0 Å². The van der Waals surface area contributed by atoms with Crippen molar-refractivity contribution >= 4 is 41.6 Å². The number of aromatic nitrogens is 1. The van der Waals surface area contributed by atoms with Crippen LogP contribution < -0.4 is 5.73 Å². The third kappa shape index (κ3) is 2.81. The minimum absolute atomic E-state index is 0. The molecule has 80 valence electrons. The Morgan fingerprint density at radius 3 is 2.60 bits per heavy atom. The fourth-order valence-electron chi connectivity index (χ4n) is 1.24. The molecule has 1 heterocycles. The lowest BCUT2D eigenvalue weighted by Gasteiger charge is -1.99. The minimum atomic E-state index is 0. The van der Waals surface area contributed by atoms with Gasteiger partial charge in [0.25, 0.3) is 0 Å². The SMILES string of the molecule is Cl.Cl.N=C(N)c1ccc2ncccc2c1. The zero-order valence-corrected chi connectivity index (χ0v) is 9.44. The van der Waals surface area contributed by atoms with E-state index in [2.05, 4.69) is 4.98 Å². The Hall–Kier alpha value is -1.32. The molecule has 0 saturated heterocycles. The third-order valence-electron chi connectivity index (χ3n) is 1.91. The second kappa shape index (κ2) is 5.53. The molecule has 3 nitrogen and oxygen atoms in total. The van der Waals surface area contributed by atoms with Crippen molar-refractivity contribution in [3.05, 3.63) is 42.1 Å². The van der Waals surface area contributed by atoms with E-state index in [0.29, 0.717) is 0 Å². The molecule has 1 aromatic heterocycles. The van der Waals surface area contributed by atoms with Crippen molar-refractivity contribution in [3.8, 4) is 0 Å². The molecule has 0 radical (unpaired) electrons. The van der Waals surface area contributed by atoms with E-state index in [9.17, 15) is 0 Å². The number of nitrogens with one attached hydrogen (secondary N) is 1. The summed E-state index contributed by atoms with van der Waals surface area (Å²) in [5.74, 6) is 0.0887. The van der Waals surface area contributed by atoms with Crippen LogP contribution in [0.5, 0.6) is 0 Å². The maximum atomic E-state index is 7.27. The molecular weight excluding hydrogens is 233 g/mol. The molecule has 0 unspecified atom stereocenters. The topological polar surface area (TPSA) is 62.8 Å². The van der Waals surface area contributed by atoms with Gasteiger partial charge in [-0.15, -0.1) is 24.8 Å². The van der Waals surface area contributed by atoms with Gasteiger partial charge >= 0.3 is 0 Å². The van der Waals surface area contributed by atoms with E-state index >= 15 is 0 Å². The number of nitrogens with zero attached hydrogens (tertiary/aromatic N) is 1. The molecule has 0 fully saturated rings. The van der Waals surface area contributed by atoms with Gasteiger partial charge in [0.05, 0.1) is 5.52 Å². The Labute approximate surface area is 100 Å². The van der Waals surface area contributed by atoms with Crippen molar-refractivity contribution in [1.29, 1.82) is 5.41 Å². The molecule has 0 bridgehead atoms. The first-order valence-corrected chi connectivity index (χ1v) is 3.96. The highest BCUT2D eigenvalue weighted by Gasteiger charge is 1.97. The number of halogens is 2. The summed E-state index contributed by atoms with van der Waals surface area (Å²) in [6, 6.07) is 9.36. The van der Waals surface area contributed by atoms with E-state index in [-0.39, 0.29) is 30.6 Å². The van der Waals surface area contributed by atoms with Crippen LogP contribution in [0.25, 0.3) is 10.9 Å². The van der Waals surface area contributed by atoms with Crippen LogP contribution in [0.2, 0.25) is 0 Å². The number of nitrogen functional groups attached to an aromatic ring is 1. The highest BCUT2D eigenvalue weighted by atomic mass is 35.5. The monoisotopic (exact) mass is 243 g/mol. The Morgan fingerprint density at radius 1 is 1.20 bits per heavy atom. The number of pyridine rings is 1.